The summed E-state index contributed by atoms with van der Waals surface area (Å²) >= 11 is 2.85. The predicted molar refractivity (Wildman–Crippen MR) is 112 cm³/mol. The summed E-state index contributed by atoms with van der Waals surface area (Å²) in [6, 6.07) is 14.3. The van der Waals surface area contributed by atoms with Gasteiger partial charge in [0.2, 0.25) is 11.0 Å². The van der Waals surface area contributed by atoms with Gasteiger partial charge >= 0.3 is 0 Å². The number of aromatic nitrogens is 2. The second-order valence-electron chi connectivity index (χ2n) is 6.87. The Morgan fingerprint density at radius 3 is 2.75 bits per heavy atom. The first-order chi connectivity index (χ1) is 13.7. The average Bonchev–Trinajstić information content (AvgIpc) is 3.36. The van der Waals surface area contributed by atoms with Crippen molar-refractivity contribution in [3.8, 4) is 0 Å². The first-order valence-electron chi connectivity index (χ1n) is 9.28. The fourth-order valence-corrected chi connectivity index (χ4v) is 4.90. The molecule has 6 nitrogen and oxygen atoms in total. The Bertz CT molecular complexity index is 892. The van der Waals surface area contributed by atoms with Crippen molar-refractivity contribution in [1.82, 2.24) is 15.5 Å². The minimum absolute atomic E-state index is 0.0347. The third-order valence-electron chi connectivity index (χ3n) is 5.05. The predicted octanol–water partition coefficient (Wildman–Crippen LogP) is 4.07. The van der Waals surface area contributed by atoms with Crippen molar-refractivity contribution in [1.29, 1.82) is 0 Å². The summed E-state index contributed by atoms with van der Waals surface area (Å²) in [6.45, 7) is 1.26. The second kappa shape index (κ2) is 8.79. The van der Waals surface area contributed by atoms with E-state index in [-0.39, 0.29) is 11.3 Å². The zero-order chi connectivity index (χ0) is 19.2. The quantitative estimate of drug-likeness (QED) is 0.514. The van der Waals surface area contributed by atoms with Crippen LogP contribution >= 0.6 is 23.1 Å². The molecule has 2 heterocycles. The topological polar surface area (TPSA) is 80.1 Å². The Morgan fingerprint density at radius 1 is 1.18 bits per heavy atom. The smallest absolute Gasteiger partial charge is 0.230 e. The Hall–Kier alpha value is -2.32. The summed E-state index contributed by atoms with van der Waals surface area (Å²) in [4.78, 5) is 12.3. The molecule has 1 aromatic carbocycles. The zero-order valence-electron chi connectivity index (χ0n) is 15.4. The lowest BCUT2D eigenvalue weighted by Crippen LogP contribution is -2.46. The highest BCUT2D eigenvalue weighted by Gasteiger charge is 2.38. The molecule has 0 aliphatic heterocycles. The lowest BCUT2D eigenvalue weighted by molar-refractivity contribution is -0.119. The first-order valence-corrected chi connectivity index (χ1v) is 11.1. The Kier molecular flexibility index (Phi) is 5.97. The summed E-state index contributed by atoms with van der Waals surface area (Å²) in [5, 5.41) is 15.2. The fourth-order valence-electron chi connectivity index (χ4n) is 3.32. The van der Waals surface area contributed by atoms with E-state index in [2.05, 4.69) is 45.1 Å². The van der Waals surface area contributed by atoms with E-state index in [4.69, 9.17) is 4.42 Å². The van der Waals surface area contributed by atoms with E-state index in [0.717, 1.165) is 28.1 Å². The average molecular weight is 415 g/mol. The minimum atomic E-state index is 0.0347. The van der Waals surface area contributed by atoms with Crippen molar-refractivity contribution in [2.45, 2.75) is 35.6 Å². The summed E-state index contributed by atoms with van der Waals surface area (Å²) in [6.07, 6.45) is 5.12. The number of hydrogen-bond donors (Lipinski definition) is 2. The molecule has 3 aromatic rings. The number of benzene rings is 1. The molecule has 28 heavy (non-hydrogen) atoms. The maximum Gasteiger partial charge on any atom is 0.230 e. The highest BCUT2D eigenvalue weighted by molar-refractivity contribution is 8.01. The van der Waals surface area contributed by atoms with E-state index in [0.29, 0.717) is 18.8 Å². The van der Waals surface area contributed by atoms with E-state index in [9.17, 15) is 4.79 Å². The number of anilines is 1. The molecular weight excluding hydrogens is 392 g/mol. The Labute approximate surface area is 172 Å². The van der Waals surface area contributed by atoms with Crippen LogP contribution in [-0.2, 0) is 16.8 Å². The molecule has 0 atom stereocenters. The van der Waals surface area contributed by atoms with Gasteiger partial charge in [0.25, 0.3) is 0 Å². The molecule has 2 N–H and O–H groups in total. The van der Waals surface area contributed by atoms with Gasteiger partial charge in [-0.15, -0.1) is 10.2 Å². The Morgan fingerprint density at radius 2 is 2.04 bits per heavy atom. The number of nitrogens with zero attached hydrogens (tertiary/aromatic N) is 2. The van der Waals surface area contributed by atoms with Crippen molar-refractivity contribution < 1.29 is 9.21 Å². The molecule has 1 amide bonds. The van der Waals surface area contributed by atoms with Gasteiger partial charge in [-0.2, -0.15) is 0 Å². The molecule has 0 saturated heterocycles. The highest BCUT2D eigenvalue weighted by atomic mass is 32.2. The SMILES string of the molecule is O=C(CSc1nnc(NCc2ccco2)s1)NCC1(c2ccccc2)CCC1. The molecule has 0 spiro atoms. The molecular formula is C20H22N4O2S2. The lowest BCUT2D eigenvalue weighted by Gasteiger charge is -2.42. The van der Waals surface area contributed by atoms with Gasteiger partial charge in [-0.1, -0.05) is 59.9 Å². The van der Waals surface area contributed by atoms with Gasteiger partial charge in [0.15, 0.2) is 4.34 Å². The van der Waals surface area contributed by atoms with Crippen LogP contribution in [0.15, 0.2) is 57.5 Å². The third-order valence-corrected chi connectivity index (χ3v) is 7.06. The van der Waals surface area contributed by atoms with Crippen LogP contribution in [0.1, 0.15) is 30.6 Å². The molecule has 0 radical (unpaired) electrons. The summed E-state index contributed by atoms with van der Waals surface area (Å²) < 4.78 is 6.05. The minimum Gasteiger partial charge on any atom is -0.467 e. The number of thioether (sulfide) groups is 1. The largest absolute Gasteiger partial charge is 0.467 e. The van der Waals surface area contributed by atoms with Gasteiger partial charge in [-0.05, 0) is 30.5 Å². The van der Waals surface area contributed by atoms with Crippen molar-refractivity contribution in [2.75, 3.05) is 17.6 Å². The number of amides is 1. The number of rotatable bonds is 9. The molecule has 1 fully saturated rings. The zero-order valence-corrected chi connectivity index (χ0v) is 17.0. The number of hydrogen-bond acceptors (Lipinski definition) is 7. The van der Waals surface area contributed by atoms with Gasteiger partial charge in [0, 0.05) is 12.0 Å². The normalized spacial score (nSPS) is 15.0. The molecule has 0 bridgehead atoms. The van der Waals surface area contributed by atoms with Crippen LogP contribution in [0.25, 0.3) is 0 Å². The first kappa shape index (κ1) is 19.0. The monoisotopic (exact) mass is 414 g/mol. The molecule has 8 heteroatoms. The van der Waals surface area contributed by atoms with Crippen LogP contribution in [0.2, 0.25) is 0 Å². The van der Waals surface area contributed by atoms with Gasteiger partial charge in [0.05, 0.1) is 18.6 Å². The van der Waals surface area contributed by atoms with E-state index in [1.807, 2.05) is 18.2 Å². The molecule has 1 aliphatic rings. The third kappa shape index (κ3) is 4.56. The van der Waals surface area contributed by atoms with Crippen LogP contribution in [0.3, 0.4) is 0 Å². The van der Waals surface area contributed by atoms with Crippen LogP contribution in [0.5, 0.6) is 0 Å². The van der Waals surface area contributed by atoms with Crippen LogP contribution in [-0.4, -0.2) is 28.4 Å². The number of carbonyl (C=O) groups is 1. The number of nitrogens with one attached hydrogen (secondary N) is 2. The number of furan rings is 1. The Balaban J connectivity index is 1.22. The second-order valence-corrected chi connectivity index (χ2v) is 9.07. The molecule has 1 aliphatic carbocycles. The van der Waals surface area contributed by atoms with Crippen LogP contribution < -0.4 is 10.6 Å². The van der Waals surface area contributed by atoms with Gasteiger partial charge in [-0.3, -0.25) is 4.79 Å². The molecule has 146 valence electrons. The maximum absolute atomic E-state index is 12.3. The van der Waals surface area contributed by atoms with Crippen LogP contribution in [0, 0.1) is 0 Å². The van der Waals surface area contributed by atoms with Crippen molar-refractivity contribution in [3.63, 3.8) is 0 Å². The molecule has 4 rings (SSSR count). The maximum atomic E-state index is 12.3. The number of carbonyl (C=O) groups excluding carboxylic acids is 1. The van der Waals surface area contributed by atoms with Crippen molar-refractivity contribution in [2.24, 2.45) is 0 Å². The van der Waals surface area contributed by atoms with Crippen molar-refractivity contribution >= 4 is 34.1 Å². The standard InChI is InChI=1S/C20H22N4O2S2/c25-17(22-14-20(9-5-10-20)15-6-2-1-3-7-15)13-27-19-24-23-18(28-19)21-12-16-8-4-11-26-16/h1-4,6-8,11H,5,9-10,12-14H2,(H,21,23)(H,22,25). The van der Waals surface area contributed by atoms with Gasteiger partial charge < -0.3 is 15.1 Å². The van der Waals surface area contributed by atoms with E-state index >= 15 is 0 Å². The summed E-state index contributed by atoms with van der Waals surface area (Å²) in [5.74, 6) is 1.22. The van der Waals surface area contributed by atoms with Crippen LogP contribution in [0.4, 0.5) is 5.13 Å². The van der Waals surface area contributed by atoms with E-state index in [1.54, 1.807) is 6.26 Å². The lowest BCUT2D eigenvalue weighted by atomic mass is 9.64. The molecule has 2 aromatic heterocycles. The fraction of sp³-hybridized carbons (Fsp3) is 0.350. The molecule has 0 unspecified atom stereocenters. The van der Waals surface area contributed by atoms with E-state index < -0.39 is 0 Å². The molecule has 1 saturated carbocycles. The summed E-state index contributed by atoms with van der Waals surface area (Å²) in [7, 11) is 0. The van der Waals surface area contributed by atoms with Gasteiger partial charge in [0.1, 0.15) is 5.76 Å². The summed E-state index contributed by atoms with van der Waals surface area (Å²) in [5.41, 5.74) is 1.43. The van der Waals surface area contributed by atoms with E-state index in [1.165, 1.54) is 35.1 Å². The van der Waals surface area contributed by atoms with Crippen molar-refractivity contribution in [3.05, 3.63) is 60.1 Å². The highest BCUT2D eigenvalue weighted by Crippen LogP contribution is 2.43. The van der Waals surface area contributed by atoms with Gasteiger partial charge in [-0.25, -0.2) is 0 Å².